The Hall–Kier alpha value is -2.90. The van der Waals surface area contributed by atoms with E-state index in [-0.39, 0.29) is 12.1 Å². The summed E-state index contributed by atoms with van der Waals surface area (Å²) in [6.07, 6.45) is 0. The number of methoxy groups -OCH3 is 1. The van der Waals surface area contributed by atoms with Crippen LogP contribution in [0.3, 0.4) is 0 Å². The molecule has 0 bridgehead atoms. The number of hydrogen-bond donors (Lipinski definition) is 1. The summed E-state index contributed by atoms with van der Waals surface area (Å²) in [5.74, 6) is 0. The molecule has 0 saturated heterocycles. The summed E-state index contributed by atoms with van der Waals surface area (Å²) in [4.78, 5) is 0. The summed E-state index contributed by atoms with van der Waals surface area (Å²) in [6, 6.07) is 31.1. The van der Waals surface area contributed by atoms with Gasteiger partial charge in [0.1, 0.15) is 0 Å². The second kappa shape index (κ2) is 9.70. The summed E-state index contributed by atoms with van der Waals surface area (Å²) >= 11 is 0. The molecule has 3 aromatic rings. The van der Waals surface area contributed by atoms with Crippen LogP contribution in [0.5, 0.6) is 0 Å². The second-order valence-electron chi connectivity index (χ2n) is 6.39. The van der Waals surface area contributed by atoms with E-state index in [9.17, 15) is 0 Å². The van der Waals surface area contributed by atoms with Crippen molar-refractivity contribution in [3.63, 3.8) is 0 Å². The van der Waals surface area contributed by atoms with E-state index in [0.717, 1.165) is 11.1 Å². The lowest BCUT2D eigenvalue weighted by Gasteiger charge is -2.28. The van der Waals surface area contributed by atoms with E-state index in [1.807, 2.05) is 30.3 Å². The maximum atomic E-state index is 5.51. The molecule has 0 spiro atoms. The van der Waals surface area contributed by atoms with Gasteiger partial charge in [-0.15, -0.1) is 5.73 Å². The monoisotopic (exact) mass is 355 g/mol. The maximum Gasteiger partial charge on any atom is 0.0661 e. The normalized spacial score (nSPS) is 12.8. The van der Waals surface area contributed by atoms with E-state index >= 15 is 0 Å². The fourth-order valence-corrected chi connectivity index (χ4v) is 3.27. The number of ether oxygens (including phenoxy) is 1. The zero-order chi connectivity index (χ0) is 18.9. The highest BCUT2D eigenvalue weighted by Crippen LogP contribution is 2.31. The lowest BCUT2D eigenvalue weighted by Crippen LogP contribution is -2.30. The van der Waals surface area contributed by atoms with Crippen LogP contribution in [-0.2, 0) is 4.74 Å². The van der Waals surface area contributed by atoms with Gasteiger partial charge >= 0.3 is 0 Å². The molecular formula is C25H25NO. The zero-order valence-electron chi connectivity index (χ0n) is 15.6. The van der Waals surface area contributed by atoms with Crippen molar-refractivity contribution in [3.05, 3.63) is 120 Å². The fourth-order valence-electron chi connectivity index (χ4n) is 3.27. The van der Waals surface area contributed by atoms with E-state index in [1.54, 1.807) is 7.11 Å². The molecule has 3 aromatic carbocycles. The fraction of sp³-hybridized carbons (Fsp3) is 0.160. The van der Waals surface area contributed by atoms with Crippen molar-refractivity contribution in [1.82, 2.24) is 5.32 Å². The van der Waals surface area contributed by atoms with Crippen LogP contribution >= 0.6 is 0 Å². The van der Waals surface area contributed by atoms with E-state index < -0.39 is 0 Å². The topological polar surface area (TPSA) is 21.3 Å². The lowest BCUT2D eigenvalue weighted by molar-refractivity contribution is 0.164. The molecule has 0 aromatic heterocycles. The van der Waals surface area contributed by atoms with Crippen LogP contribution in [0.1, 0.15) is 28.8 Å². The van der Waals surface area contributed by atoms with Gasteiger partial charge in [-0.25, -0.2) is 0 Å². The average molecular weight is 355 g/mol. The van der Waals surface area contributed by atoms with Crippen molar-refractivity contribution in [1.29, 1.82) is 0 Å². The predicted octanol–water partition coefficient (Wildman–Crippen LogP) is 5.57. The van der Waals surface area contributed by atoms with Gasteiger partial charge in [0, 0.05) is 12.7 Å². The molecule has 0 saturated carbocycles. The van der Waals surface area contributed by atoms with Crippen molar-refractivity contribution in [2.24, 2.45) is 0 Å². The third-order valence-corrected chi connectivity index (χ3v) is 4.60. The van der Waals surface area contributed by atoms with E-state index in [4.69, 9.17) is 4.74 Å². The van der Waals surface area contributed by atoms with Gasteiger partial charge in [0.2, 0.25) is 0 Å². The summed E-state index contributed by atoms with van der Waals surface area (Å²) in [7, 11) is 1.73. The van der Waals surface area contributed by atoms with Gasteiger partial charge in [-0.3, -0.25) is 5.32 Å². The average Bonchev–Trinajstić information content (AvgIpc) is 2.75. The van der Waals surface area contributed by atoms with E-state index in [2.05, 4.69) is 78.3 Å². The highest BCUT2D eigenvalue weighted by atomic mass is 16.5. The Morgan fingerprint density at radius 3 is 1.89 bits per heavy atom. The molecule has 1 N–H and O–H groups in total. The predicted molar refractivity (Wildman–Crippen MR) is 112 cm³/mol. The molecule has 2 heteroatoms. The number of rotatable bonds is 8. The molecule has 3 rings (SSSR count). The smallest absolute Gasteiger partial charge is 0.0661 e. The van der Waals surface area contributed by atoms with Crippen molar-refractivity contribution in [2.45, 2.75) is 12.1 Å². The first-order valence-electron chi connectivity index (χ1n) is 9.13. The summed E-state index contributed by atoms with van der Waals surface area (Å²) < 4.78 is 5.51. The first-order valence-corrected chi connectivity index (χ1v) is 9.13. The van der Waals surface area contributed by atoms with Crippen LogP contribution < -0.4 is 5.32 Å². The van der Waals surface area contributed by atoms with Crippen LogP contribution in [0.2, 0.25) is 0 Å². The number of nitrogens with one attached hydrogen (secondary N) is 1. The molecule has 2 nitrogen and oxygen atoms in total. The molecule has 0 unspecified atom stereocenters. The summed E-state index contributed by atoms with van der Waals surface area (Å²) in [6.45, 7) is 4.55. The van der Waals surface area contributed by atoms with Gasteiger partial charge in [0.15, 0.2) is 0 Å². The molecule has 0 aliphatic carbocycles. The molecule has 0 aliphatic heterocycles. The Morgan fingerprint density at radius 2 is 1.37 bits per heavy atom. The van der Waals surface area contributed by atoms with E-state index in [0.29, 0.717) is 6.61 Å². The Balaban J connectivity index is 2.01. The number of benzene rings is 3. The largest absolute Gasteiger partial charge is 0.383 e. The molecule has 0 amide bonds. The van der Waals surface area contributed by atoms with Gasteiger partial charge < -0.3 is 4.74 Å². The Labute approximate surface area is 161 Å². The highest BCUT2D eigenvalue weighted by Gasteiger charge is 2.22. The minimum Gasteiger partial charge on any atom is -0.383 e. The molecule has 27 heavy (non-hydrogen) atoms. The molecule has 0 heterocycles. The molecule has 0 aliphatic rings. The quantitative estimate of drug-likeness (QED) is 0.533. The molecule has 2 atom stereocenters. The van der Waals surface area contributed by atoms with Gasteiger partial charge in [-0.05, 0) is 16.7 Å². The van der Waals surface area contributed by atoms with Gasteiger partial charge in [0.25, 0.3) is 0 Å². The van der Waals surface area contributed by atoms with Crippen molar-refractivity contribution in [3.8, 4) is 0 Å². The summed E-state index contributed by atoms with van der Waals surface area (Å²) in [5, 5.41) is 3.77. The molecule has 0 fully saturated rings. The third kappa shape index (κ3) is 4.84. The van der Waals surface area contributed by atoms with Crippen molar-refractivity contribution >= 4 is 5.57 Å². The highest BCUT2D eigenvalue weighted by molar-refractivity contribution is 5.70. The van der Waals surface area contributed by atoms with Gasteiger partial charge in [-0.2, -0.15) is 0 Å². The van der Waals surface area contributed by atoms with Gasteiger partial charge in [0.05, 0.1) is 18.7 Å². The van der Waals surface area contributed by atoms with Crippen LogP contribution in [0.4, 0.5) is 0 Å². The minimum atomic E-state index is -0.0496. The molecular weight excluding hydrogens is 330 g/mol. The van der Waals surface area contributed by atoms with Crippen molar-refractivity contribution < 1.29 is 4.74 Å². The molecule has 0 radical (unpaired) electrons. The zero-order valence-corrected chi connectivity index (χ0v) is 15.6. The SMILES string of the molecule is C=C=C(c1ccccc1)[C@@H](N[C@@H](COC)c1ccccc1)c1ccccc1. The van der Waals surface area contributed by atoms with Crippen LogP contribution in [0.25, 0.3) is 5.57 Å². The van der Waals surface area contributed by atoms with E-state index in [1.165, 1.54) is 11.1 Å². The first kappa shape index (κ1) is 18.9. The third-order valence-electron chi connectivity index (χ3n) is 4.60. The van der Waals surface area contributed by atoms with Crippen LogP contribution in [0.15, 0.2) is 103 Å². The Kier molecular flexibility index (Phi) is 6.78. The Bertz CT molecular complexity index is 868. The van der Waals surface area contributed by atoms with Gasteiger partial charge in [-0.1, -0.05) is 97.6 Å². The standard InChI is InChI=1S/C25H25NO/c1-3-23(20-13-7-4-8-14-20)25(22-17-11-6-12-18-22)26-24(19-27-2)21-15-9-5-10-16-21/h4-18,24-26H,1,19H2,2H3/t24-,25-/m0/s1. The van der Waals surface area contributed by atoms with Crippen molar-refractivity contribution in [2.75, 3.05) is 13.7 Å². The first-order chi connectivity index (χ1) is 13.3. The minimum absolute atomic E-state index is 0.0495. The second-order valence-corrected chi connectivity index (χ2v) is 6.39. The van der Waals surface area contributed by atoms with Crippen LogP contribution in [-0.4, -0.2) is 13.7 Å². The lowest BCUT2D eigenvalue weighted by atomic mass is 9.92. The molecule has 136 valence electrons. The summed E-state index contributed by atoms with van der Waals surface area (Å²) in [5.41, 5.74) is 7.68. The van der Waals surface area contributed by atoms with Crippen LogP contribution in [0, 0.1) is 0 Å². The number of hydrogen-bond acceptors (Lipinski definition) is 2. The maximum absolute atomic E-state index is 5.51. The Morgan fingerprint density at radius 1 is 0.852 bits per heavy atom.